The average molecular weight is 250 g/mol. The Balaban J connectivity index is 3.92. The molecule has 6 nitrogen and oxygen atoms in total. The number of urea groups is 1. The molecule has 0 aliphatic carbocycles. The predicted octanol–water partition coefficient (Wildman–Crippen LogP) is -0.127. The molecule has 1 unspecified atom stereocenters. The van der Waals surface area contributed by atoms with Crippen molar-refractivity contribution in [3.8, 4) is 0 Å². The Hall–Kier alpha value is -0.950. The number of carboxylic acid groups (broad SMARTS) is 1. The van der Waals surface area contributed by atoms with Gasteiger partial charge in [-0.05, 0) is 25.4 Å². The molecule has 16 heavy (non-hydrogen) atoms. The number of carboxylic acids is 1. The number of aliphatic carboxylic acids is 1. The molecule has 0 fully saturated rings. The molecule has 0 rings (SSSR count). The van der Waals surface area contributed by atoms with Gasteiger partial charge >= 0.3 is 12.0 Å². The van der Waals surface area contributed by atoms with Gasteiger partial charge in [-0.2, -0.15) is 11.8 Å². The maximum Gasteiger partial charge on any atom is 0.328 e. The zero-order valence-corrected chi connectivity index (χ0v) is 10.2. The van der Waals surface area contributed by atoms with Crippen LogP contribution in [0.25, 0.3) is 0 Å². The van der Waals surface area contributed by atoms with Crippen LogP contribution in [0, 0.1) is 0 Å². The molecule has 4 N–H and O–H groups in total. The lowest BCUT2D eigenvalue weighted by molar-refractivity contribution is -0.140. The minimum Gasteiger partial charge on any atom is -0.480 e. The van der Waals surface area contributed by atoms with Gasteiger partial charge in [-0.15, -0.1) is 0 Å². The molecule has 0 bridgehead atoms. The van der Waals surface area contributed by atoms with Gasteiger partial charge < -0.3 is 20.8 Å². The van der Waals surface area contributed by atoms with Crippen molar-refractivity contribution in [2.75, 3.05) is 18.6 Å². The summed E-state index contributed by atoms with van der Waals surface area (Å²) in [6, 6.07) is -1.86. The number of carbonyl (C=O) groups is 2. The Labute approximate surface area is 98.8 Å². The van der Waals surface area contributed by atoms with Gasteiger partial charge in [0.1, 0.15) is 0 Å². The minimum absolute atomic E-state index is 0.0272. The maximum atomic E-state index is 11.3. The van der Waals surface area contributed by atoms with Crippen molar-refractivity contribution in [1.29, 1.82) is 0 Å². The highest BCUT2D eigenvalue weighted by Gasteiger charge is 2.19. The van der Waals surface area contributed by atoms with Gasteiger partial charge in [-0.1, -0.05) is 0 Å². The van der Waals surface area contributed by atoms with Crippen molar-refractivity contribution in [2.24, 2.45) is 0 Å². The van der Waals surface area contributed by atoms with E-state index in [1.54, 1.807) is 11.8 Å². The molecule has 0 saturated heterocycles. The van der Waals surface area contributed by atoms with Crippen LogP contribution in [-0.2, 0) is 4.79 Å². The van der Waals surface area contributed by atoms with Gasteiger partial charge in [-0.3, -0.25) is 0 Å². The van der Waals surface area contributed by atoms with Crippen molar-refractivity contribution in [3.63, 3.8) is 0 Å². The smallest absolute Gasteiger partial charge is 0.328 e. The number of nitrogens with one attached hydrogen (secondary N) is 2. The second-order valence-corrected chi connectivity index (χ2v) is 4.36. The van der Waals surface area contributed by atoms with E-state index in [0.717, 1.165) is 12.2 Å². The van der Waals surface area contributed by atoms with Crippen LogP contribution in [0.2, 0.25) is 0 Å². The van der Waals surface area contributed by atoms with E-state index in [1.165, 1.54) is 0 Å². The lowest BCUT2D eigenvalue weighted by Gasteiger charge is -2.16. The second-order valence-electron chi connectivity index (χ2n) is 3.37. The van der Waals surface area contributed by atoms with Crippen molar-refractivity contribution in [2.45, 2.75) is 25.4 Å². The van der Waals surface area contributed by atoms with E-state index in [2.05, 4.69) is 10.6 Å². The molecular weight excluding hydrogens is 232 g/mol. The topological polar surface area (TPSA) is 98.7 Å². The van der Waals surface area contributed by atoms with E-state index in [1.807, 2.05) is 13.2 Å². The molecule has 7 heteroatoms. The monoisotopic (exact) mass is 250 g/mol. The quantitative estimate of drug-likeness (QED) is 0.504. The van der Waals surface area contributed by atoms with E-state index in [9.17, 15) is 9.59 Å². The zero-order chi connectivity index (χ0) is 12.6. The first-order valence-corrected chi connectivity index (χ1v) is 6.30. The summed E-state index contributed by atoms with van der Waals surface area (Å²) < 4.78 is 0. The fourth-order valence-corrected chi connectivity index (χ4v) is 1.57. The van der Waals surface area contributed by atoms with Gasteiger partial charge in [0, 0.05) is 6.04 Å². The lowest BCUT2D eigenvalue weighted by Crippen LogP contribution is -2.50. The van der Waals surface area contributed by atoms with Gasteiger partial charge in [0.15, 0.2) is 6.04 Å². The van der Waals surface area contributed by atoms with Crippen LogP contribution in [-0.4, -0.2) is 52.9 Å². The van der Waals surface area contributed by atoms with E-state index in [-0.39, 0.29) is 6.04 Å². The molecule has 0 aliphatic rings. The molecule has 94 valence electrons. The summed E-state index contributed by atoms with van der Waals surface area (Å²) >= 11 is 1.67. The van der Waals surface area contributed by atoms with E-state index >= 15 is 0 Å². The number of amides is 2. The molecule has 0 spiro atoms. The third kappa shape index (κ3) is 6.52. The van der Waals surface area contributed by atoms with Crippen LogP contribution < -0.4 is 10.6 Å². The average Bonchev–Trinajstić information content (AvgIpc) is 2.22. The largest absolute Gasteiger partial charge is 0.480 e. The van der Waals surface area contributed by atoms with Gasteiger partial charge in [0.2, 0.25) is 0 Å². The molecule has 2 atom stereocenters. The molecule has 0 aromatic heterocycles. The maximum absolute atomic E-state index is 11.3. The fourth-order valence-electron chi connectivity index (χ4n) is 0.976. The van der Waals surface area contributed by atoms with E-state index < -0.39 is 24.6 Å². The van der Waals surface area contributed by atoms with Crippen LogP contribution >= 0.6 is 11.8 Å². The third-order valence-electron chi connectivity index (χ3n) is 1.92. The number of aliphatic hydroxyl groups is 1. The molecule has 0 aliphatic heterocycles. The van der Waals surface area contributed by atoms with Crippen LogP contribution in [0.5, 0.6) is 0 Å². The summed E-state index contributed by atoms with van der Waals surface area (Å²) in [5, 5.41) is 22.0. The highest BCUT2D eigenvalue weighted by molar-refractivity contribution is 7.98. The first kappa shape index (κ1) is 15.0. The van der Waals surface area contributed by atoms with E-state index in [4.69, 9.17) is 10.2 Å². The summed E-state index contributed by atoms with van der Waals surface area (Å²) in [6.45, 7) is 1.21. The Morgan fingerprint density at radius 3 is 2.44 bits per heavy atom. The summed E-state index contributed by atoms with van der Waals surface area (Å²) in [6.07, 6.45) is 2.78. The van der Waals surface area contributed by atoms with Crippen molar-refractivity contribution in [3.05, 3.63) is 0 Å². The van der Waals surface area contributed by atoms with Crippen molar-refractivity contribution >= 4 is 23.8 Å². The summed E-state index contributed by atoms with van der Waals surface area (Å²) in [4.78, 5) is 21.8. The van der Waals surface area contributed by atoms with Crippen LogP contribution in [0.3, 0.4) is 0 Å². The molecule has 2 amide bonds. The number of hydrogen-bond acceptors (Lipinski definition) is 4. The number of rotatable bonds is 7. The second kappa shape index (κ2) is 8.23. The molecule has 0 aromatic carbocycles. The Bertz CT molecular complexity index is 238. The Morgan fingerprint density at radius 1 is 1.38 bits per heavy atom. The molecule has 0 radical (unpaired) electrons. The first-order valence-electron chi connectivity index (χ1n) is 4.90. The number of carbonyl (C=O) groups excluding carboxylic acids is 1. The Morgan fingerprint density at radius 2 is 2.00 bits per heavy atom. The third-order valence-corrected chi connectivity index (χ3v) is 2.56. The predicted molar refractivity (Wildman–Crippen MR) is 62.6 cm³/mol. The highest BCUT2D eigenvalue weighted by atomic mass is 32.2. The van der Waals surface area contributed by atoms with Crippen molar-refractivity contribution < 1.29 is 19.8 Å². The highest BCUT2D eigenvalue weighted by Crippen LogP contribution is 1.99. The van der Waals surface area contributed by atoms with Gasteiger partial charge in [0.25, 0.3) is 0 Å². The molecule has 0 saturated carbocycles. The summed E-state index contributed by atoms with van der Waals surface area (Å²) in [7, 11) is 0. The number of thioether (sulfide) groups is 1. The standard InChI is InChI=1S/C9H18N2O4S/c1-6(3-4-16-2)10-9(15)11-7(5-12)8(13)14/h6-7,12H,3-5H2,1-2H3,(H,13,14)(H2,10,11,15)/t6?,7-/m0/s1. The summed E-state index contributed by atoms with van der Waals surface area (Å²) in [5.41, 5.74) is 0. The van der Waals surface area contributed by atoms with Gasteiger partial charge in [-0.25, -0.2) is 9.59 Å². The fraction of sp³-hybridized carbons (Fsp3) is 0.778. The normalized spacial score (nSPS) is 13.9. The number of hydrogen-bond donors (Lipinski definition) is 4. The zero-order valence-electron chi connectivity index (χ0n) is 9.40. The van der Waals surface area contributed by atoms with Crippen LogP contribution in [0.4, 0.5) is 4.79 Å². The first-order chi connectivity index (χ1) is 7.51. The Kier molecular flexibility index (Phi) is 7.74. The van der Waals surface area contributed by atoms with Crippen molar-refractivity contribution in [1.82, 2.24) is 10.6 Å². The van der Waals surface area contributed by atoms with Crippen LogP contribution in [0.15, 0.2) is 0 Å². The van der Waals surface area contributed by atoms with Gasteiger partial charge in [0.05, 0.1) is 6.61 Å². The summed E-state index contributed by atoms with van der Waals surface area (Å²) in [5.74, 6) is -0.335. The minimum atomic E-state index is -1.26. The molecule has 0 aromatic rings. The molecular formula is C9H18N2O4S. The number of aliphatic hydroxyl groups excluding tert-OH is 1. The SMILES string of the molecule is CSCCC(C)NC(=O)N[C@@H](CO)C(=O)O. The molecule has 0 heterocycles. The van der Waals surface area contributed by atoms with Crippen LogP contribution in [0.1, 0.15) is 13.3 Å². The van der Waals surface area contributed by atoms with E-state index in [0.29, 0.717) is 0 Å². The lowest BCUT2D eigenvalue weighted by atomic mass is 10.2.